The Kier molecular flexibility index (Phi) is 4.46. The molecule has 1 aliphatic heterocycles. The summed E-state index contributed by atoms with van der Waals surface area (Å²) in [6.45, 7) is 1.15. The molecule has 0 radical (unpaired) electrons. The van der Waals surface area contributed by atoms with Crippen LogP contribution in [0.1, 0.15) is 32.1 Å². The molecule has 7 heteroatoms. The van der Waals surface area contributed by atoms with Crippen LogP contribution in [0.25, 0.3) is 0 Å². The minimum Gasteiger partial charge on any atom is -0.481 e. The number of carboxylic acid groups (broad SMARTS) is 1. The van der Waals surface area contributed by atoms with Gasteiger partial charge in [0.1, 0.15) is 0 Å². The number of nitrogens with one attached hydrogen (secondary N) is 1. The molecule has 112 valence electrons. The number of rotatable bonds is 4. The lowest BCUT2D eigenvalue weighted by Crippen LogP contribution is -2.53. The molecule has 0 aromatic rings. The molecule has 2 rings (SSSR count). The van der Waals surface area contributed by atoms with E-state index in [1.807, 2.05) is 0 Å². The van der Waals surface area contributed by atoms with Crippen LogP contribution in [0.4, 0.5) is 4.79 Å². The predicted octanol–water partition coefficient (Wildman–Crippen LogP) is 0.147. The van der Waals surface area contributed by atoms with Crippen molar-refractivity contribution in [1.82, 2.24) is 10.2 Å². The van der Waals surface area contributed by atoms with Gasteiger partial charge in [-0.3, -0.25) is 9.59 Å². The first-order valence-corrected chi connectivity index (χ1v) is 7.02. The van der Waals surface area contributed by atoms with Crippen LogP contribution < -0.4 is 11.1 Å². The van der Waals surface area contributed by atoms with Crippen LogP contribution >= 0.6 is 0 Å². The van der Waals surface area contributed by atoms with Gasteiger partial charge in [0.05, 0.1) is 0 Å². The van der Waals surface area contributed by atoms with Gasteiger partial charge < -0.3 is 21.1 Å². The fraction of sp³-hybridized carbons (Fsp3) is 0.769. The zero-order valence-corrected chi connectivity index (χ0v) is 11.4. The molecule has 20 heavy (non-hydrogen) atoms. The summed E-state index contributed by atoms with van der Waals surface area (Å²) in [7, 11) is 0. The Labute approximate surface area is 117 Å². The highest BCUT2D eigenvalue weighted by molar-refractivity contribution is 5.79. The number of carbonyl (C=O) groups is 3. The molecule has 3 amide bonds. The van der Waals surface area contributed by atoms with Crippen molar-refractivity contribution in [3.05, 3.63) is 0 Å². The summed E-state index contributed by atoms with van der Waals surface area (Å²) in [6, 6.07) is -0.146. The van der Waals surface area contributed by atoms with Crippen molar-refractivity contribution in [2.24, 2.45) is 17.6 Å². The molecular formula is C13H21N3O4. The van der Waals surface area contributed by atoms with Crippen molar-refractivity contribution in [3.63, 3.8) is 0 Å². The van der Waals surface area contributed by atoms with E-state index in [0.29, 0.717) is 25.9 Å². The number of primary amides is 1. The molecule has 1 saturated heterocycles. The lowest BCUT2D eigenvalue weighted by molar-refractivity contribution is -0.138. The fourth-order valence-corrected chi connectivity index (χ4v) is 2.90. The largest absolute Gasteiger partial charge is 0.481 e. The van der Waals surface area contributed by atoms with Crippen molar-refractivity contribution in [3.8, 4) is 0 Å². The molecule has 1 saturated carbocycles. The maximum absolute atomic E-state index is 12.1. The Bertz CT molecular complexity index is 406. The number of carboxylic acids is 1. The Balaban J connectivity index is 1.75. The molecule has 1 unspecified atom stereocenters. The third-order valence-electron chi connectivity index (χ3n) is 4.14. The molecule has 2 fully saturated rings. The highest BCUT2D eigenvalue weighted by Gasteiger charge is 2.35. The van der Waals surface area contributed by atoms with Crippen LogP contribution in [0, 0.1) is 11.8 Å². The van der Waals surface area contributed by atoms with Gasteiger partial charge in [0.2, 0.25) is 5.91 Å². The summed E-state index contributed by atoms with van der Waals surface area (Å²) in [5, 5.41) is 11.7. The van der Waals surface area contributed by atoms with Crippen LogP contribution in [-0.4, -0.2) is 47.0 Å². The minimum absolute atomic E-state index is 0.0138. The normalized spacial score (nSPS) is 29.4. The fourth-order valence-electron chi connectivity index (χ4n) is 2.90. The van der Waals surface area contributed by atoms with Crippen LogP contribution in [0.2, 0.25) is 0 Å². The van der Waals surface area contributed by atoms with E-state index in [0.717, 1.165) is 12.8 Å². The van der Waals surface area contributed by atoms with Crippen LogP contribution in [0.5, 0.6) is 0 Å². The summed E-state index contributed by atoms with van der Waals surface area (Å²) >= 11 is 0. The Morgan fingerprint density at radius 2 is 2.00 bits per heavy atom. The molecule has 0 spiro atoms. The maximum atomic E-state index is 12.1. The van der Waals surface area contributed by atoms with Gasteiger partial charge in [-0.2, -0.15) is 0 Å². The molecule has 0 bridgehead atoms. The topological polar surface area (TPSA) is 113 Å². The smallest absolute Gasteiger partial charge is 0.317 e. The zero-order valence-electron chi connectivity index (χ0n) is 11.4. The third kappa shape index (κ3) is 3.61. The number of piperidine rings is 1. The van der Waals surface area contributed by atoms with Crippen LogP contribution in [0.15, 0.2) is 0 Å². The molecule has 0 aromatic carbocycles. The van der Waals surface area contributed by atoms with E-state index in [2.05, 4.69) is 5.32 Å². The molecule has 2 aliphatic rings. The van der Waals surface area contributed by atoms with E-state index in [1.54, 1.807) is 4.90 Å². The molecule has 0 aromatic heterocycles. The number of amides is 3. The lowest BCUT2D eigenvalue weighted by atomic mass is 9.80. The molecule has 1 atom stereocenters. The van der Waals surface area contributed by atoms with Gasteiger partial charge in [0, 0.05) is 31.5 Å². The average molecular weight is 283 g/mol. The third-order valence-corrected chi connectivity index (χ3v) is 4.14. The number of hydrogen-bond acceptors (Lipinski definition) is 3. The monoisotopic (exact) mass is 283 g/mol. The molecule has 1 aliphatic carbocycles. The van der Waals surface area contributed by atoms with Crippen LogP contribution in [0.3, 0.4) is 0 Å². The number of urea groups is 1. The second-order valence-electron chi connectivity index (χ2n) is 5.77. The maximum Gasteiger partial charge on any atom is 0.317 e. The van der Waals surface area contributed by atoms with Crippen molar-refractivity contribution in [1.29, 1.82) is 0 Å². The van der Waals surface area contributed by atoms with E-state index < -0.39 is 5.97 Å². The van der Waals surface area contributed by atoms with Gasteiger partial charge in [-0.25, -0.2) is 4.79 Å². The van der Waals surface area contributed by atoms with Gasteiger partial charge in [0.15, 0.2) is 0 Å². The van der Waals surface area contributed by atoms with Crippen LogP contribution in [-0.2, 0) is 9.59 Å². The first-order valence-electron chi connectivity index (χ1n) is 7.02. The zero-order chi connectivity index (χ0) is 14.7. The highest BCUT2D eigenvalue weighted by atomic mass is 16.4. The van der Waals surface area contributed by atoms with Gasteiger partial charge in [-0.15, -0.1) is 0 Å². The highest BCUT2D eigenvalue weighted by Crippen LogP contribution is 2.27. The van der Waals surface area contributed by atoms with Crippen molar-refractivity contribution >= 4 is 17.9 Å². The van der Waals surface area contributed by atoms with Gasteiger partial charge >= 0.3 is 12.0 Å². The van der Waals surface area contributed by atoms with E-state index in [4.69, 9.17) is 10.8 Å². The Morgan fingerprint density at radius 3 is 2.60 bits per heavy atom. The number of nitrogens with zero attached hydrogens (tertiary/aromatic N) is 1. The molecular weight excluding hydrogens is 262 g/mol. The Hall–Kier alpha value is -1.79. The SMILES string of the molecule is NC(=O)C1CC(NC(=O)N2CCCC(CC(=O)O)C2)C1. The lowest BCUT2D eigenvalue weighted by Gasteiger charge is -2.37. The quantitative estimate of drug-likeness (QED) is 0.681. The van der Waals surface area contributed by atoms with Gasteiger partial charge in [-0.1, -0.05) is 0 Å². The molecule has 1 heterocycles. The summed E-state index contributed by atoms with van der Waals surface area (Å²) in [6.07, 6.45) is 3.00. The van der Waals surface area contributed by atoms with E-state index >= 15 is 0 Å². The second-order valence-corrected chi connectivity index (χ2v) is 5.77. The standard InChI is InChI=1S/C13H21N3O4/c14-12(19)9-5-10(6-9)15-13(20)16-3-1-2-8(7-16)4-11(17)18/h8-10H,1-7H2,(H2,14,19)(H,15,20)(H,17,18). The minimum atomic E-state index is -0.819. The first kappa shape index (κ1) is 14.6. The predicted molar refractivity (Wildman–Crippen MR) is 70.8 cm³/mol. The first-order chi connectivity index (χ1) is 9.45. The Morgan fingerprint density at radius 1 is 1.30 bits per heavy atom. The summed E-state index contributed by atoms with van der Waals surface area (Å²) in [5.74, 6) is -1.22. The number of nitrogens with two attached hydrogens (primary N) is 1. The van der Waals surface area contributed by atoms with E-state index in [9.17, 15) is 14.4 Å². The number of carbonyl (C=O) groups excluding carboxylic acids is 2. The summed E-state index contributed by atoms with van der Waals surface area (Å²) in [5.41, 5.74) is 5.18. The van der Waals surface area contributed by atoms with E-state index in [-0.39, 0.29) is 36.2 Å². The average Bonchev–Trinajstić information content (AvgIpc) is 2.32. The van der Waals surface area contributed by atoms with E-state index in [1.165, 1.54) is 0 Å². The van der Waals surface area contributed by atoms with Crippen molar-refractivity contribution in [2.75, 3.05) is 13.1 Å². The summed E-state index contributed by atoms with van der Waals surface area (Å²) in [4.78, 5) is 35.4. The number of aliphatic carboxylic acids is 1. The van der Waals surface area contributed by atoms with Crippen molar-refractivity contribution < 1.29 is 19.5 Å². The van der Waals surface area contributed by atoms with Gasteiger partial charge in [-0.05, 0) is 31.6 Å². The molecule has 4 N–H and O–H groups in total. The molecule has 7 nitrogen and oxygen atoms in total. The summed E-state index contributed by atoms with van der Waals surface area (Å²) < 4.78 is 0. The van der Waals surface area contributed by atoms with Crippen molar-refractivity contribution in [2.45, 2.75) is 38.1 Å². The second kappa shape index (κ2) is 6.11. The van der Waals surface area contributed by atoms with Gasteiger partial charge in [0.25, 0.3) is 0 Å². The number of likely N-dealkylation sites (tertiary alicyclic amines) is 1. The number of hydrogen-bond donors (Lipinski definition) is 3.